The normalized spacial score (nSPS) is 9.75. The summed E-state index contributed by atoms with van der Waals surface area (Å²) < 4.78 is 1.68. The van der Waals surface area contributed by atoms with Gasteiger partial charge < -0.3 is 4.57 Å². The Morgan fingerprint density at radius 3 is 2.56 bits per heavy atom. The number of benzene rings is 1. The number of ketones is 1. The summed E-state index contributed by atoms with van der Waals surface area (Å²) in [4.78, 5) is 15.4. The third-order valence-electron chi connectivity index (χ3n) is 2.39. The third-order valence-corrected chi connectivity index (χ3v) is 2.39. The summed E-state index contributed by atoms with van der Waals surface area (Å²) in [5.74, 6) is -0.0574. The highest BCUT2D eigenvalue weighted by atomic mass is 16.1. The molecule has 0 aliphatic heterocycles. The summed E-state index contributed by atoms with van der Waals surface area (Å²) >= 11 is 0. The van der Waals surface area contributed by atoms with Gasteiger partial charge in [-0.1, -0.05) is 30.3 Å². The lowest BCUT2D eigenvalue weighted by Gasteiger charge is -2.02. The third kappa shape index (κ3) is 1.73. The van der Waals surface area contributed by atoms with E-state index in [9.17, 15) is 4.79 Å². The lowest BCUT2D eigenvalue weighted by molar-refractivity contribution is 0.103. The second kappa shape index (κ2) is 4.03. The molecule has 0 bridgehead atoms. The first-order valence-electron chi connectivity index (χ1n) is 4.86. The topological polar surface area (TPSA) is 26.4 Å². The molecule has 0 aliphatic carbocycles. The predicted molar refractivity (Wildman–Crippen MR) is 61.5 cm³/mol. The van der Waals surface area contributed by atoms with Crippen LogP contribution in [-0.4, -0.2) is 10.4 Å². The summed E-state index contributed by atoms with van der Waals surface area (Å²) in [6, 6.07) is 10.7. The Labute approximate surface area is 93.8 Å². The number of aromatic nitrogens is 1. The van der Waals surface area contributed by atoms with Crippen LogP contribution in [0.25, 0.3) is 4.85 Å². The lowest BCUT2D eigenvalue weighted by atomic mass is 10.1. The van der Waals surface area contributed by atoms with Gasteiger partial charge in [-0.15, -0.1) is 0 Å². The second-order valence-corrected chi connectivity index (χ2v) is 3.50. The molecule has 78 valence electrons. The van der Waals surface area contributed by atoms with Crippen LogP contribution >= 0.6 is 0 Å². The van der Waals surface area contributed by atoms with Gasteiger partial charge in [0.25, 0.3) is 0 Å². The number of hydrogen-bond acceptors (Lipinski definition) is 1. The van der Waals surface area contributed by atoms with Crippen LogP contribution < -0.4 is 0 Å². The molecule has 0 spiro atoms. The maximum absolute atomic E-state index is 12.1. The molecule has 3 nitrogen and oxygen atoms in total. The van der Waals surface area contributed by atoms with E-state index in [0.717, 1.165) is 0 Å². The second-order valence-electron chi connectivity index (χ2n) is 3.50. The summed E-state index contributed by atoms with van der Waals surface area (Å²) in [5, 5.41) is 0. The van der Waals surface area contributed by atoms with E-state index < -0.39 is 0 Å². The van der Waals surface area contributed by atoms with E-state index >= 15 is 0 Å². The average molecular weight is 210 g/mol. The van der Waals surface area contributed by atoms with E-state index in [1.165, 1.54) is 0 Å². The first-order valence-corrected chi connectivity index (χ1v) is 4.86. The van der Waals surface area contributed by atoms with Crippen molar-refractivity contribution < 1.29 is 4.79 Å². The molecule has 0 radical (unpaired) electrons. The molecule has 0 fully saturated rings. The van der Waals surface area contributed by atoms with Crippen molar-refractivity contribution in [3.8, 4) is 0 Å². The Hall–Kier alpha value is -2.34. The van der Waals surface area contributed by atoms with Gasteiger partial charge in [-0.2, -0.15) is 0 Å². The van der Waals surface area contributed by atoms with Crippen LogP contribution in [0.2, 0.25) is 0 Å². The van der Waals surface area contributed by atoms with Crippen molar-refractivity contribution in [2.75, 3.05) is 0 Å². The van der Waals surface area contributed by atoms with Gasteiger partial charge >= 0.3 is 0 Å². The number of aryl methyl sites for hydroxylation is 1. The lowest BCUT2D eigenvalue weighted by Crippen LogP contribution is -2.06. The van der Waals surface area contributed by atoms with Crippen molar-refractivity contribution >= 4 is 11.5 Å². The van der Waals surface area contributed by atoms with E-state index in [1.54, 1.807) is 36.0 Å². The monoisotopic (exact) mass is 210 g/mol. The van der Waals surface area contributed by atoms with Crippen LogP contribution in [0, 0.1) is 6.57 Å². The molecule has 2 rings (SSSR count). The molecule has 0 atom stereocenters. The Balaban J connectivity index is 2.43. The van der Waals surface area contributed by atoms with Crippen molar-refractivity contribution in [2.45, 2.75) is 0 Å². The molecular formula is C13H10N2O. The molecule has 3 heteroatoms. The SMILES string of the molecule is [C-]#[N+]c1cc(C(=O)c2ccccc2)n(C)c1. The van der Waals surface area contributed by atoms with E-state index in [4.69, 9.17) is 6.57 Å². The van der Waals surface area contributed by atoms with Crippen LogP contribution in [-0.2, 0) is 7.05 Å². The Morgan fingerprint density at radius 2 is 2.00 bits per heavy atom. The molecule has 0 saturated carbocycles. The standard InChI is InChI=1S/C13H10N2O/c1-14-11-8-12(15(2)9-11)13(16)10-6-4-3-5-7-10/h3-9H,2H3. The molecule has 0 aliphatic rings. The summed E-state index contributed by atoms with van der Waals surface area (Å²) in [6.45, 7) is 6.90. The molecule has 1 heterocycles. The zero-order valence-electron chi connectivity index (χ0n) is 8.84. The maximum atomic E-state index is 12.1. The van der Waals surface area contributed by atoms with Crippen LogP contribution in [0.4, 0.5) is 5.69 Å². The average Bonchev–Trinajstić information content (AvgIpc) is 2.71. The maximum Gasteiger partial charge on any atom is 0.208 e. The minimum Gasteiger partial charge on any atom is -0.359 e. The molecule has 0 unspecified atom stereocenters. The fraction of sp³-hybridized carbons (Fsp3) is 0.0769. The van der Waals surface area contributed by atoms with Crippen molar-refractivity contribution in [3.63, 3.8) is 0 Å². The van der Waals surface area contributed by atoms with E-state index in [-0.39, 0.29) is 5.78 Å². The number of rotatable bonds is 2. The molecule has 16 heavy (non-hydrogen) atoms. The molecular weight excluding hydrogens is 200 g/mol. The number of nitrogens with zero attached hydrogens (tertiary/aromatic N) is 2. The molecule has 2 aromatic rings. The Kier molecular flexibility index (Phi) is 2.57. The van der Waals surface area contributed by atoms with Crippen molar-refractivity contribution in [2.24, 2.45) is 7.05 Å². The smallest absolute Gasteiger partial charge is 0.208 e. The Morgan fingerprint density at radius 1 is 1.31 bits per heavy atom. The van der Waals surface area contributed by atoms with Crippen molar-refractivity contribution in [1.29, 1.82) is 0 Å². The largest absolute Gasteiger partial charge is 0.359 e. The quantitative estimate of drug-likeness (QED) is 0.553. The van der Waals surface area contributed by atoms with Gasteiger partial charge in [0.1, 0.15) is 0 Å². The highest BCUT2D eigenvalue weighted by Crippen LogP contribution is 2.18. The van der Waals surface area contributed by atoms with Crippen LogP contribution in [0.3, 0.4) is 0 Å². The fourth-order valence-electron chi connectivity index (χ4n) is 1.57. The zero-order valence-corrected chi connectivity index (χ0v) is 8.84. The molecule has 0 N–H and O–H groups in total. The molecule has 1 aromatic heterocycles. The van der Waals surface area contributed by atoms with Gasteiger partial charge in [0.2, 0.25) is 11.5 Å². The van der Waals surface area contributed by atoms with Crippen LogP contribution in [0.15, 0.2) is 42.6 Å². The minimum absolute atomic E-state index is 0.0574. The summed E-state index contributed by atoms with van der Waals surface area (Å²) in [5.41, 5.74) is 1.67. The zero-order chi connectivity index (χ0) is 11.5. The predicted octanol–water partition coefficient (Wildman–Crippen LogP) is 2.81. The Bertz CT molecular complexity index is 561. The van der Waals surface area contributed by atoms with Crippen LogP contribution in [0.5, 0.6) is 0 Å². The van der Waals surface area contributed by atoms with Gasteiger partial charge in [0, 0.05) is 18.8 Å². The highest BCUT2D eigenvalue weighted by molar-refractivity contribution is 6.08. The highest BCUT2D eigenvalue weighted by Gasteiger charge is 2.13. The number of carbonyl (C=O) groups excluding carboxylic acids is 1. The fourth-order valence-corrected chi connectivity index (χ4v) is 1.57. The first-order chi connectivity index (χ1) is 7.72. The molecule has 0 saturated heterocycles. The van der Waals surface area contributed by atoms with E-state index in [2.05, 4.69) is 4.85 Å². The summed E-state index contributed by atoms with van der Waals surface area (Å²) in [6.07, 6.45) is 1.66. The van der Waals surface area contributed by atoms with E-state index in [0.29, 0.717) is 16.9 Å². The van der Waals surface area contributed by atoms with Crippen molar-refractivity contribution in [3.05, 3.63) is 65.3 Å². The van der Waals surface area contributed by atoms with Crippen LogP contribution in [0.1, 0.15) is 16.1 Å². The number of hydrogen-bond donors (Lipinski definition) is 0. The molecule has 1 aromatic carbocycles. The minimum atomic E-state index is -0.0574. The van der Waals surface area contributed by atoms with Gasteiger partial charge in [-0.05, 0) is 6.07 Å². The van der Waals surface area contributed by atoms with Gasteiger partial charge in [0.15, 0.2) is 0 Å². The number of carbonyl (C=O) groups is 1. The first kappa shape index (κ1) is 10.2. The van der Waals surface area contributed by atoms with Gasteiger partial charge in [-0.25, -0.2) is 4.85 Å². The van der Waals surface area contributed by atoms with E-state index in [1.807, 2.05) is 18.2 Å². The molecule has 0 amide bonds. The van der Waals surface area contributed by atoms with Crippen molar-refractivity contribution in [1.82, 2.24) is 4.57 Å². The van der Waals surface area contributed by atoms with Gasteiger partial charge in [0.05, 0.1) is 12.3 Å². The summed E-state index contributed by atoms with van der Waals surface area (Å²) in [7, 11) is 1.77. The van der Waals surface area contributed by atoms with Gasteiger partial charge in [-0.3, -0.25) is 4.79 Å².